The lowest BCUT2D eigenvalue weighted by atomic mass is 9.87. The van der Waals surface area contributed by atoms with Crippen LogP contribution in [0.1, 0.15) is 36.7 Å². The van der Waals surface area contributed by atoms with Gasteiger partial charge in [0.2, 0.25) is 0 Å². The number of thioether (sulfide) groups is 1. The average molecular weight is 408 g/mol. The van der Waals surface area contributed by atoms with Gasteiger partial charge in [-0.3, -0.25) is 9.69 Å². The number of benzene rings is 1. The Morgan fingerprint density at radius 1 is 1.28 bits per heavy atom. The molecule has 2 aromatic heterocycles. The van der Waals surface area contributed by atoms with Crippen molar-refractivity contribution in [1.82, 2.24) is 19.9 Å². The summed E-state index contributed by atoms with van der Waals surface area (Å²) in [7, 11) is 2.13. The number of aromatic amines is 1. The molecule has 4 rings (SSSR count). The quantitative estimate of drug-likeness (QED) is 0.599. The Morgan fingerprint density at radius 2 is 2.03 bits per heavy atom. The molecule has 0 aliphatic carbocycles. The van der Waals surface area contributed by atoms with Gasteiger partial charge in [-0.1, -0.05) is 32.9 Å². The Hall–Kier alpha value is -2.64. The van der Waals surface area contributed by atoms with Gasteiger partial charge in [-0.2, -0.15) is 0 Å². The zero-order chi connectivity index (χ0) is 20.6. The Kier molecular flexibility index (Phi) is 5.19. The van der Waals surface area contributed by atoms with Gasteiger partial charge in [0, 0.05) is 34.6 Å². The second kappa shape index (κ2) is 7.65. The van der Waals surface area contributed by atoms with Crippen LogP contribution in [0, 0.1) is 5.41 Å². The zero-order valence-corrected chi connectivity index (χ0v) is 17.9. The van der Waals surface area contributed by atoms with Crippen molar-refractivity contribution in [3.63, 3.8) is 0 Å². The minimum atomic E-state index is -0.475. The number of H-pyrrole nitrogens is 1. The molecule has 0 atom stereocenters. The standard InChI is InChI=1S/C22H25N5OS/c1-22(2,3)20(28)17-10-23-21-19(17)26-18(11-24-21)25-15-7-5-14(6-8-15)9-16-12-27(4)13-29-16/h5-11H,12-13H2,1-4H3,(H,23,24)(H,25,26). The van der Waals surface area contributed by atoms with Crippen molar-refractivity contribution in [3.05, 3.63) is 52.7 Å². The van der Waals surface area contributed by atoms with Gasteiger partial charge >= 0.3 is 0 Å². The monoisotopic (exact) mass is 407 g/mol. The molecule has 0 spiro atoms. The number of carbonyl (C=O) groups is 1. The minimum absolute atomic E-state index is 0.0445. The maximum absolute atomic E-state index is 12.7. The molecule has 1 aromatic carbocycles. The number of rotatable bonds is 4. The van der Waals surface area contributed by atoms with E-state index in [1.54, 1.807) is 12.4 Å². The van der Waals surface area contributed by atoms with E-state index in [0.717, 1.165) is 18.1 Å². The number of carbonyl (C=O) groups excluding carboxylic acids is 1. The lowest BCUT2D eigenvalue weighted by molar-refractivity contribution is 0.0860. The van der Waals surface area contributed by atoms with Crippen molar-refractivity contribution in [2.75, 3.05) is 24.8 Å². The van der Waals surface area contributed by atoms with Crippen molar-refractivity contribution in [2.45, 2.75) is 20.8 Å². The molecule has 0 amide bonds. The van der Waals surface area contributed by atoms with Gasteiger partial charge in [0.15, 0.2) is 11.4 Å². The summed E-state index contributed by atoms with van der Waals surface area (Å²) in [5.41, 5.74) is 3.42. The topological polar surface area (TPSA) is 73.9 Å². The first-order valence-electron chi connectivity index (χ1n) is 9.57. The van der Waals surface area contributed by atoms with Gasteiger partial charge in [-0.15, -0.1) is 11.8 Å². The summed E-state index contributed by atoms with van der Waals surface area (Å²) in [6.45, 7) is 6.72. The number of nitrogens with one attached hydrogen (secondary N) is 2. The molecule has 29 heavy (non-hydrogen) atoms. The number of hydrogen-bond acceptors (Lipinski definition) is 6. The van der Waals surface area contributed by atoms with Crippen LogP contribution in [0.25, 0.3) is 17.2 Å². The fourth-order valence-corrected chi connectivity index (χ4v) is 4.17. The first-order valence-corrected chi connectivity index (χ1v) is 10.6. The van der Waals surface area contributed by atoms with Crippen molar-refractivity contribution in [3.8, 4) is 0 Å². The summed E-state index contributed by atoms with van der Waals surface area (Å²) in [5, 5.41) is 3.29. The largest absolute Gasteiger partial charge is 0.344 e. The molecule has 3 aromatic rings. The fraction of sp³-hybridized carbons (Fsp3) is 0.318. The van der Waals surface area contributed by atoms with Crippen LogP contribution in [0.4, 0.5) is 11.5 Å². The first kappa shape index (κ1) is 19.7. The highest BCUT2D eigenvalue weighted by molar-refractivity contribution is 8.03. The molecule has 0 unspecified atom stereocenters. The Bertz CT molecular complexity index is 1080. The number of hydrogen-bond donors (Lipinski definition) is 2. The van der Waals surface area contributed by atoms with E-state index in [4.69, 9.17) is 0 Å². The molecule has 0 bridgehead atoms. The van der Waals surface area contributed by atoms with E-state index in [1.165, 1.54) is 10.5 Å². The van der Waals surface area contributed by atoms with Crippen LogP contribution < -0.4 is 5.32 Å². The smallest absolute Gasteiger partial charge is 0.171 e. The highest BCUT2D eigenvalue weighted by Crippen LogP contribution is 2.28. The maximum Gasteiger partial charge on any atom is 0.171 e. The van der Waals surface area contributed by atoms with Crippen molar-refractivity contribution in [2.24, 2.45) is 5.41 Å². The van der Waals surface area contributed by atoms with E-state index >= 15 is 0 Å². The summed E-state index contributed by atoms with van der Waals surface area (Å²) >= 11 is 1.88. The third kappa shape index (κ3) is 4.36. The SMILES string of the molecule is CN1CSC(=Cc2ccc(Nc3cnc4[nH]cc(C(=O)C(C)(C)C)c4n3)cc2)C1. The molecular formula is C22H25N5OS. The number of ketones is 1. The highest BCUT2D eigenvalue weighted by atomic mass is 32.2. The van der Waals surface area contributed by atoms with Crippen molar-refractivity contribution < 1.29 is 4.79 Å². The van der Waals surface area contributed by atoms with E-state index in [-0.39, 0.29) is 5.78 Å². The van der Waals surface area contributed by atoms with Gasteiger partial charge < -0.3 is 10.3 Å². The van der Waals surface area contributed by atoms with Crippen LogP contribution in [0.15, 0.2) is 41.6 Å². The molecule has 7 heteroatoms. The average Bonchev–Trinajstić information content (AvgIpc) is 3.27. The van der Waals surface area contributed by atoms with E-state index in [0.29, 0.717) is 22.5 Å². The Morgan fingerprint density at radius 3 is 2.69 bits per heavy atom. The van der Waals surface area contributed by atoms with Crippen LogP contribution in [0.5, 0.6) is 0 Å². The van der Waals surface area contributed by atoms with E-state index in [1.807, 2.05) is 44.7 Å². The van der Waals surface area contributed by atoms with Crippen LogP contribution in [-0.2, 0) is 0 Å². The highest BCUT2D eigenvalue weighted by Gasteiger charge is 2.26. The van der Waals surface area contributed by atoms with Crippen LogP contribution in [-0.4, -0.2) is 45.1 Å². The lowest BCUT2D eigenvalue weighted by Gasteiger charge is -2.15. The predicted molar refractivity (Wildman–Crippen MR) is 120 cm³/mol. The predicted octanol–water partition coefficient (Wildman–Crippen LogP) is 4.91. The van der Waals surface area contributed by atoms with Crippen LogP contribution in [0.2, 0.25) is 0 Å². The summed E-state index contributed by atoms with van der Waals surface area (Å²) in [6.07, 6.45) is 5.60. The lowest BCUT2D eigenvalue weighted by Crippen LogP contribution is -2.20. The van der Waals surface area contributed by atoms with Gasteiger partial charge in [-0.25, -0.2) is 9.97 Å². The van der Waals surface area contributed by atoms with Crippen molar-refractivity contribution >= 4 is 46.3 Å². The maximum atomic E-state index is 12.7. The number of Topliss-reactive ketones (excluding diaryl/α,β-unsaturated/α-hetero) is 1. The molecule has 0 radical (unpaired) electrons. The number of anilines is 2. The number of aromatic nitrogens is 3. The molecule has 1 saturated heterocycles. The molecule has 1 fully saturated rings. The Balaban J connectivity index is 1.54. The Labute approximate surface area is 174 Å². The summed E-state index contributed by atoms with van der Waals surface area (Å²) in [6, 6.07) is 8.23. The van der Waals surface area contributed by atoms with Gasteiger partial charge in [0.1, 0.15) is 11.3 Å². The van der Waals surface area contributed by atoms with Gasteiger partial charge in [0.25, 0.3) is 0 Å². The summed E-state index contributed by atoms with van der Waals surface area (Å²) in [4.78, 5) is 28.4. The molecule has 3 heterocycles. The number of likely N-dealkylation sites (N-methyl/N-ethyl adjacent to an activating group) is 1. The summed E-state index contributed by atoms with van der Waals surface area (Å²) in [5.74, 6) is 1.70. The molecule has 2 N–H and O–H groups in total. The second-order valence-electron chi connectivity index (χ2n) is 8.38. The second-order valence-corrected chi connectivity index (χ2v) is 9.45. The van der Waals surface area contributed by atoms with E-state index in [2.05, 4.69) is 50.4 Å². The fourth-order valence-electron chi connectivity index (χ4n) is 3.16. The van der Waals surface area contributed by atoms with E-state index in [9.17, 15) is 4.79 Å². The van der Waals surface area contributed by atoms with Crippen LogP contribution in [0.3, 0.4) is 0 Å². The molecule has 0 saturated carbocycles. The molecule has 1 aliphatic heterocycles. The first-order chi connectivity index (χ1) is 13.8. The molecular weight excluding hydrogens is 382 g/mol. The third-order valence-corrected chi connectivity index (χ3v) is 5.90. The number of fused-ring (bicyclic) bond motifs is 1. The molecule has 1 aliphatic rings. The molecule has 150 valence electrons. The van der Waals surface area contributed by atoms with Gasteiger partial charge in [0.05, 0.1) is 11.8 Å². The van der Waals surface area contributed by atoms with Crippen molar-refractivity contribution in [1.29, 1.82) is 0 Å². The van der Waals surface area contributed by atoms with Gasteiger partial charge in [-0.05, 0) is 30.8 Å². The zero-order valence-electron chi connectivity index (χ0n) is 17.1. The summed E-state index contributed by atoms with van der Waals surface area (Å²) < 4.78 is 0. The normalized spacial score (nSPS) is 16.6. The number of nitrogens with zero attached hydrogens (tertiary/aromatic N) is 3. The van der Waals surface area contributed by atoms with Crippen LogP contribution >= 0.6 is 11.8 Å². The molecule has 6 nitrogen and oxygen atoms in total. The third-order valence-electron chi connectivity index (χ3n) is 4.71. The minimum Gasteiger partial charge on any atom is -0.344 e. The van der Waals surface area contributed by atoms with E-state index < -0.39 is 5.41 Å².